The van der Waals surface area contributed by atoms with Crippen molar-refractivity contribution >= 4 is 27.3 Å². The summed E-state index contributed by atoms with van der Waals surface area (Å²) in [6, 6.07) is 8.01. The molecule has 0 amide bonds. The van der Waals surface area contributed by atoms with Crippen molar-refractivity contribution in [3.05, 3.63) is 35.1 Å². The molecule has 0 spiro atoms. The SMILES string of the molecule is c1ccc2c(c1)nnn2Cc1nnc2sc(C34CC5CC(CC(C5)C3)C4)nn12. The maximum Gasteiger partial charge on any atom is 0.234 e. The second kappa shape index (κ2) is 5.37. The van der Waals surface area contributed by atoms with E-state index in [4.69, 9.17) is 5.10 Å². The normalized spacial score (nSPS) is 31.4. The van der Waals surface area contributed by atoms with E-state index in [-0.39, 0.29) is 0 Å². The molecule has 3 heterocycles. The first-order valence-corrected chi connectivity index (χ1v) is 11.1. The zero-order valence-electron chi connectivity index (χ0n) is 15.5. The highest BCUT2D eigenvalue weighted by atomic mass is 32.1. The third-order valence-corrected chi connectivity index (χ3v) is 8.40. The predicted molar refractivity (Wildman–Crippen MR) is 105 cm³/mol. The van der Waals surface area contributed by atoms with Gasteiger partial charge in [-0.2, -0.15) is 9.61 Å². The molecule has 8 heteroatoms. The number of fused-ring (bicyclic) bond motifs is 2. The minimum absolute atomic E-state index is 0.303. The summed E-state index contributed by atoms with van der Waals surface area (Å²) in [5, 5.41) is 23.7. The fraction of sp³-hybridized carbons (Fsp3) is 0.550. The highest BCUT2D eigenvalue weighted by molar-refractivity contribution is 7.16. The van der Waals surface area contributed by atoms with Gasteiger partial charge in [-0.3, -0.25) is 0 Å². The van der Waals surface area contributed by atoms with Crippen LogP contribution in [0.4, 0.5) is 0 Å². The molecule has 0 aliphatic heterocycles. The van der Waals surface area contributed by atoms with Crippen LogP contribution in [0, 0.1) is 17.8 Å². The minimum atomic E-state index is 0.303. The van der Waals surface area contributed by atoms with Crippen molar-refractivity contribution in [1.29, 1.82) is 0 Å². The topological polar surface area (TPSA) is 73.8 Å². The average Bonchev–Trinajstić information content (AvgIpc) is 3.37. The quantitative estimate of drug-likeness (QED) is 0.535. The Bertz CT molecular complexity index is 1170. The van der Waals surface area contributed by atoms with Crippen LogP contribution < -0.4 is 0 Å². The average molecular weight is 392 g/mol. The lowest BCUT2D eigenvalue weighted by Crippen LogP contribution is -2.48. The van der Waals surface area contributed by atoms with Crippen molar-refractivity contribution in [3.8, 4) is 0 Å². The van der Waals surface area contributed by atoms with Crippen molar-refractivity contribution in [2.75, 3.05) is 0 Å². The number of para-hydroxylation sites is 1. The summed E-state index contributed by atoms with van der Waals surface area (Å²) in [5.74, 6) is 3.59. The molecule has 8 rings (SSSR count). The van der Waals surface area contributed by atoms with E-state index >= 15 is 0 Å². The van der Waals surface area contributed by atoms with Crippen LogP contribution in [-0.4, -0.2) is 34.8 Å². The van der Waals surface area contributed by atoms with Gasteiger partial charge in [-0.25, -0.2) is 4.68 Å². The van der Waals surface area contributed by atoms with Gasteiger partial charge in [0, 0.05) is 5.41 Å². The van der Waals surface area contributed by atoms with Gasteiger partial charge in [-0.05, 0) is 68.4 Å². The maximum absolute atomic E-state index is 5.07. The van der Waals surface area contributed by atoms with Crippen LogP contribution >= 0.6 is 11.3 Å². The van der Waals surface area contributed by atoms with Gasteiger partial charge >= 0.3 is 0 Å². The van der Waals surface area contributed by atoms with Crippen LogP contribution in [-0.2, 0) is 12.0 Å². The first-order chi connectivity index (χ1) is 13.8. The van der Waals surface area contributed by atoms with E-state index in [2.05, 4.69) is 20.5 Å². The third-order valence-electron chi connectivity index (χ3n) is 7.26. The number of rotatable bonds is 3. The lowest BCUT2D eigenvalue weighted by molar-refractivity contribution is -0.00567. The summed E-state index contributed by atoms with van der Waals surface area (Å²) >= 11 is 1.76. The van der Waals surface area contributed by atoms with E-state index in [1.807, 2.05) is 33.5 Å². The van der Waals surface area contributed by atoms with Crippen LogP contribution in [0.15, 0.2) is 24.3 Å². The van der Waals surface area contributed by atoms with E-state index < -0.39 is 0 Å². The number of hydrogen-bond donors (Lipinski definition) is 0. The van der Waals surface area contributed by atoms with Gasteiger partial charge in [0.15, 0.2) is 5.82 Å². The van der Waals surface area contributed by atoms with E-state index in [0.29, 0.717) is 12.0 Å². The molecule has 4 aromatic rings. The standard InChI is InChI=1S/C20H21N7S/c1-2-4-16-15(3-1)21-25-26(16)11-17-22-23-19-27(17)24-18(28-19)20-8-12-5-13(9-20)7-14(6-12)10-20/h1-4,12-14H,5-11H2. The molecule has 0 saturated heterocycles. The number of hydrogen-bond acceptors (Lipinski definition) is 6. The maximum atomic E-state index is 5.07. The highest BCUT2D eigenvalue weighted by Crippen LogP contribution is 2.61. The molecular weight excluding hydrogens is 370 g/mol. The Kier molecular flexibility index (Phi) is 2.99. The molecule has 142 valence electrons. The van der Waals surface area contributed by atoms with Gasteiger partial charge in [0.25, 0.3) is 0 Å². The second-order valence-electron chi connectivity index (χ2n) is 9.15. The molecule has 7 nitrogen and oxygen atoms in total. The van der Waals surface area contributed by atoms with E-state index in [1.54, 1.807) is 11.3 Å². The first-order valence-electron chi connectivity index (χ1n) is 10.3. The van der Waals surface area contributed by atoms with Gasteiger partial charge in [0.2, 0.25) is 4.96 Å². The van der Waals surface area contributed by atoms with Gasteiger partial charge in [-0.1, -0.05) is 28.7 Å². The Labute approximate surface area is 165 Å². The summed E-state index contributed by atoms with van der Waals surface area (Å²) in [6.45, 7) is 0.533. The monoisotopic (exact) mass is 391 g/mol. The van der Waals surface area contributed by atoms with Crippen molar-refractivity contribution in [1.82, 2.24) is 34.8 Å². The first kappa shape index (κ1) is 15.6. The molecule has 4 bridgehead atoms. The van der Waals surface area contributed by atoms with Crippen molar-refractivity contribution < 1.29 is 0 Å². The molecule has 28 heavy (non-hydrogen) atoms. The molecule has 0 radical (unpaired) electrons. The highest BCUT2D eigenvalue weighted by Gasteiger charge is 2.53. The third kappa shape index (κ3) is 2.12. The smallest absolute Gasteiger partial charge is 0.234 e. The van der Waals surface area contributed by atoms with Crippen molar-refractivity contribution in [3.63, 3.8) is 0 Å². The lowest BCUT2D eigenvalue weighted by atomic mass is 9.50. The minimum Gasteiger partial charge on any atom is -0.237 e. The zero-order valence-corrected chi connectivity index (χ0v) is 16.3. The second-order valence-corrected chi connectivity index (χ2v) is 10.1. The molecule has 1 aromatic carbocycles. The van der Waals surface area contributed by atoms with E-state index in [1.165, 1.54) is 43.5 Å². The van der Waals surface area contributed by atoms with Crippen LogP contribution in [0.2, 0.25) is 0 Å². The Morgan fingerprint density at radius 1 is 0.964 bits per heavy atom. The van der Waals surface area contributed by atoms with Crippen LogP contribution in [0.25, 0.3) is 16.0 Å². The molecule has 4 aliphatic rings. The summed E-state index contributed by atoms with van der Waals surface area (Å²) in [5.41, 5.74) is 2.21. The number of aromatic nitrogens is 7. The fourth-order valence-electron chi connectivity index (χ4n) is 6.51. The Balaban J connectivity index is 1.28. The molecular formula is C20H21N7S. The predicted octanol–water partition coefficient (Wildman–Crippen LogP) is 3.45. The van der Waals surface area contributed by atoms with Crippen LogP contribution in [0.3, 0.4) is 0 Å². The summed E-state index contributed by atoms with van der Waals surface area (Å²) in [7, 11) is 0. The Morgan fingerprint density at radius 2 is 1.71 bits per heavy atom. The fourth-order valence-corrected chi connectivity index (χ4v) is 7.59. The van der Waals surface area contributed by atoms with E-state index in [9.17, 15) is 0 Å². The van der Waals surface area contributed by atoms with E-state index in [0.717, 1.165) is 39.6 Å². The summed E-state index contributed by atoms with van der Waals surface area (Å²) in [4.78, 5) is 0.908. The van der Waals surface area contributed by atoms with Gasteiger partial charge in [0.1, 0.15) is 17.1 Å². The van der Waals surface area contributed by atoms with Gasteiger partial charge in [-0.15, -0.1) is 15.3 Å². The molecule has 0 atom stereocenters. The molecule has 3 aromatic heterocycles. The summed E-state index contributed by atoms with van der Waals surface area (Å²) < 4.78 is 3.84. The number of nitrogens with zero attached hydrogens (tertiary/aromatic N) is 7. The van der Waals surface area contributed by atoms with Gasteiger partial charge in [0.05, 0.1) is 5.52 Å². The largest absolute Gasteiger partial charge is 0.237 e. The Hall–Kier alpha value is -2.35. The molecule has 0 unspecified atom stereocenters. The van der Waals surface area contributed by atoms with Gasteiger partial charge < -0.3 is 0 Å². The molecule has 4 fully saturated rings. The zero-order chi connectivity index (χ0) is 18.3. The van der Waals surface area contributed by atoms with Crippen LogP contribution in [0.1, 0.15) is 49.4 Å². The molecule has 4 saturated carbocycles. The Morgan fingerprint density at radius 3 is 2.50 bits per heavy atom. The molecule has 0 N–H and O–H groups in total. The summed E-state index contributed by atoms with van der Waals surface area (Å²) in [6.07, 6.45) is 8.33. The van der Waals surface area contributed by atoms with Crippen molar-refractivity contribution in [2.45, 2.75) is 50.5 Å². The van der Waals surface area contributed by atoms with Crippen LogP contribution in [0.5, 0.6) is 0 Å². The number of benzene rings is 1. The lowest BCUT2D eigenvalue weighted by Gasteiger charge is -2.55. The molecule has 4 aliphatic carbocycles. The van der Waals surface area contributed by atoms with Crippen molar-refractivity contribution in [2.24, 2.45) is 17.8 Å².